The van der Waals surface area contributed by atoms with Crippen LogP contribution in [-0.4, -0.2) is 34.7 Å². The van der Waals surface area contributed by atoms with Gasteiger partial charge in [-0.15, -0.1) is 0 Å². The summed E-state index contributed by atoms with van der Waals surface area (Å²) in [6.45, 7) is 6.90. The molecule has 32 heavy (non-hydrogen) atoms. The van der Waals surface area contributed by atoms with Crippen LogP contribution in [0.5, 0.6) is 0 Å². The number of hydrogen-bond acceptors (Lipinski definition) is 3. The molecular weight excluding hydrogens is 407 g/mol. The third-order valence-electron chi connectivity index (χ3n) is 5.00. The monoisotopic (exact) mass is 436 g/mol. The summed E-state index contributed by atoms with van der Waals surface area (Å²) in [5.74, 6) is 0.755. The molecule has 0 spiro atoms. The molecule has 1 heterocycles. The SMILES string of the molecule is Cc1ccc(CN(Cc2ccccc2)C(=O)CN(CC(C)C)C(=O)c2ccc(F)cc2)o1. The highest BCUT2D eigenvalue weighted by Crippen LogP contribution is 2.15. The van der Waals surface area contributed by atoms with E-state index in [-0.39, 0.29) is 24.3 Å². The normalized spacial score (nSPS) is 10.9. The van der Waals surface area contributed by atoms with Crippen molar-refractivity contribution in [2.45, 2.75) is 33.9 Å². The number of furan rings is 1. The Balaban J connectivity index is 1.81. The summed E-state index contributed by atoms with van der Waals surface area (Å²) in [5, 5.41) is 0. The first-order chi connectivity index (χ1) is 15.3. The van der Waals surface area contributed by atoms with Crippen molar-refractivity contribution < 1.29 is 18.4 Å². The van der Waals surface area contributed by atoms with Gasteiger partial charge in [0.1, 0.15) is 23.9 Å². The second kappa shape index (κ2) is 10.8. The first-order valence-corrected chi connectivity index (χ1v) is 10.7. The molecule has 0 fully saturated rings. The molecule has 0 saturated heterocycles. The molecule has 0 bridgehead atoms. The van der Waals surface area contributed by atoms with Crippen molar-refractivity contribution in [1.29, 1.82) is 0 Å². The van der Waals surface area contributed by atoms with Crippen molar-refractivity contribution in [2.75, 3.05) is 13.1 Å². The van der Waals surface area contributed by atoms with E-state index in [1.165, 1.54) is 29.2 Å². The molecule has 5 nitrogen and oxygen atoms in total. The van der Waals surface area contributed by atoms with Gasteiger partial charge in [-0.3, -0.25) is 9.59 Å². The van der Waals surface area contributed by atoms with Gasteiger partial charge in [0.2, 0.25) is 5.91 Å². The molecule has 2 amide bonds. The number of carbonyl (C=O) groups excluding carboxylic acids is 2. The Kier molecular flexibility index (Phi) is 7.82. The molecular formula is C26H29FN2O3. The van der Waals surface area contributed by atoms with E-state index in [0.29, 0.717) is 31.0 Å². The first kappa shape index (κ1) is 23.3. The van der Waals surface area contributed by atoms with Gasteiger partial charge < -0.3 is 14.2 Å². The lowest BCUT2D eigenvalue weighted by Crippen LogP contribution is -2.43. The summed E-state index contributed by atoms with van der Waals surface area (Å²) in [7, 11) is 0. The average molecular weight is 437 g/mol. The fourth-order valence-corrected chi connectivity index (χ4v) is 3.49. The van der Waals surface area contributed by atoms with Gasteiger partial charge in [0, 0.05) is 18.7 Å². The van der Waals surface area contributed by atoms with Crippen molar-refractivity contribution in [2.24, 2.45) is 5.92 Å². The standard InChI is InChI=1S/C26H29FN2O3/c1-19(2)15-29(26(31)22-10-12-23(27)13-11-22)18-25(30)28(16-21-7-5-4-6-8-21)17-24-14-9-20(3)32-24/h4-14,19H,15-18H2,1-3H3. The van der Waals surface area contributed by atoms with Crippen LogP contribution < -0.4 is 0 Å². The topological polar surface area (TPSA) is 53.8 Å². The maximum atomic E-state index is 13.4. The summed E-state index contributed by atoms with van der Waals surface area (Å²) < 4.78 is 19.0. The molecule has 6 heteroatoms. The summed E-state index contributed by atoms with van der Waals surface area (Å²) in [4.78, 5) is 29.7. The molecule has 2 aromatic carbocycles. The van der Waals surface area contributed by atoms with E-state index >= 15 is 0 Å². The molecule has 0 aliphatic carbocycles. The largest absolute Gasteiger partial charge is 0.464 e. The summed E-state index contributed by atoms with van der Waals surface area (Å²) in [5.41, 5.74) is 1.35. The molecule has 3 rings (SSSR count). The Morgan fingerprint density at radius 2 is 1.59 bits per heavy atom. The quantitative estimate of drug-likeness (QED) is 0.471. The Bertz CT molecular complexity index is 1030. The number of rotatable bonds is 9. The highest BCUT2D eigenvalue weighted by atomic mass is 19.1. The Morgan fingerprint density at radius 3 is 2.19 bits per heavy atom. The van der Waals surface area contributed by atoms with E-state index in [9.17, 15) is 14.0 Å². The van der Waals surface area contributed by atoms with Gasteiger partial charge >= 0.3 is 0 Å². The van der Waals surface area contributed by atoms with E-state index in [1.54, 1.807) is 4.90 Å². The highest BCUT2D eigenvalue weighted by molar-refractivity contribution is 5.96. The van der Waals surface area contributed by atoms with Gasteiger partial charge in [0.05, 0.1) is 6.54 Å². The van der Waals surface area contributed by atoms with Crippen molar-refractivity contribution in [3.05, 3.63) is 95.2 Å². The van der Waals surface area contributed by atoms with Crippen LogP contribution in [0.4, 0.5) is 4.39 Å². The lowest BCUT2D eigenvalue weighted by atomic mass is 10.1. The fraction of sp³-hybridized carbons (Fsp3) is 0.308. The van der Waals surface area contributed by atoms with E-state index in [0.717, 1.165) is 11.3 Å². The van der Waals surface area contributed by atoms with E-state index in [4.69, 9.17) is 4.42 Å². The summed E-state index contributed by atoms with van der Waals surface area (Å²) >= 11 is 0. The van der Waals surface area contributed by atoms with Crippen molar-refractivity contribution in [3.63, 3.8) is 0 Å². The fourth-order valence-electron chi connectivity index (χ4n) is 3.49. The molecule has 0 aliphatic heterocycles. The zero-order valence-corrected chi connectivity index (χ0v) is 18.8. The Hall–Kier alpha value is -3.41. The Morgan fingerprint density at radius 1 is 0.906 bits per heavy atom. The van der Waals surface area contributed by atoms with Crippen molar-refractivity contribution in [1.82, 2.24) is 9.80 Å². The van der Waals surface area contributed by atoms with Gasteiger partial charge in [-0.25, -0.2) is 4.39 Å². The van der Waals surface area contributed by atoms with Crippen LogP contribution in [0.15, 0.2) is 71.1 Å². The third-order valence-corrected chi connectivity index (χ3v) is 5.00. The molecule has 1 aromatic heterocycles. The third kappa shape index (κ3) is 6.54. The summed E-state index contributed by atoms with van der Waals surface area (Å²) in [6.07, 6.45) is 0. The number of nitrogens with zero attached hydrogens (tertiary/aromatic N) is 2. The van der Waals surface area contributed by atoms with Crippen LogP contribution in [0.2, 0.25) is 0 Å². The van der Waals surface area contributed by atoms with Gasteiger partial charge in [-0.05, 0) is 54.8 Å². The van der Waals surface area contributed by atoms with Gasteiger partial charge in [0.15, 0.2) is 0 Å². The average Bonchev–Trinajstić information content (AvgIpc) is 3.18. The number of amides is 2. The molecule has 0 unspecified atom stereocenters. The number of halogens is 1. The van der Waals surface area contributed by atoms with Gasteiger partial charge in [-0.1, -0.05) is 44.2 Å². The van der Waals surface area contributed by atoms with Crippen LogP contribution in [0.3, 0.4) is 0 Å². The maximum Gasteiger partial charge on any atom is 0.254 e. The van der Waals surface area contributed by atoms with E-state index in [2.05, 4.69) is 0 Å². The van der Waals surface area contributed by atoms with Crippen LogP contribution in [0.25, 0.3) is 0 Å². The van der Waals surface area contributed by atoms with Crippen LogP contribution >= 0.6 is 0 Å². The molecule has 3 aromatic rings. The molecule has 168 valence electrons. The van der Waals surface area contributed by atoms with E-state index < -0.39 is 5.82 Å². The van der Waals surface area contributed by atoms with Crippen LogP contribution in [0.1, 0.15) is 41.3 Å². The molecule has 0 atom stereocenters. The minimum atomic E-state index is -0.407. The smallest absolute Gasteiger partial charge is 0.254 e. The maximum absolute atomic E-state index is 13.4. The minimum Gasteiger partial charge on any atom is -0.464 e. The van der Waals surface area contributed by atoms with Gasteiger partial charge in [0.25, 0.3) is 5.91 Å². The van der Waals surface area contributed by atoms with Gasteiger partial charge in [-0.2, -0.15) is 0 Å². The molecule has 0 radical (unpaired) electrons. The zero-order valence-electron chi connectivity index (χ0n) is 18.8. The molecule has 0 N–H and O–H groups in total. The van der Waals surface area contributed by atoms with Crippen molar-refractivity contribution >= 4 is 11.8 Å². The number of aryl methyl sites for hydroxylation is 1. The molecule has 0 saturated carbocycles. The predicted octanol–water partition coefficient (Wildman–Crippen LogP) is 5.05. The lowest BCUT2D eigenvalue weighted by molar-refractivity contribution is -0.133. The number of benzene rings is 2. The zero-order chi connectivity index (χ0) is 23.1. The van der Waals surface area contributed by atoms with E-state index in [1.807, 2.05) is 63.2 Å². The predicted molar refractivity (Wildman–Crippen MR) is 121 cm³/mol. The van der Waals surface area contributed by atoms with Crippen LogP contribution in [-0.2, 0) is 17.9 Å². The van der Waals surface area contributed by atoms with Crippen LogP contribution in [0, 0.1) is 18.7 Å². The molecule has 0 aliphatic rings. The second-order valence-electron chi connectivity index (χ2n) is 8.33. The first-order valence-electron chi connectivity index (χ1n) is 10.7. The lowest BCUT2D eigenvalue weighted by Gasteiger charge is -2.28. The Labute approximate surface area is 188 Å². The summed E-state index contributed by atoms with van der Waals surface area (Å²) in [6, 6.07) is 18.8. The highest BCUT2D eigenvalue weighted by Gasteiger charge is 2.24. The van der Waals surface area contributed by atoms with Crippen molar-refractivity contribution in [3.8, 4) is 0 Å². The minimum absolute atomic E-state index is 0.0685. The number of hydrogen-bond donors (Lipinski definition) is 0. The number of carbonyl (C=O) groups is 2. The second-order valence-corrected chi connectivity index (χ2v) is 8.33.